The Hall–Kier alpha value is -3.37. The van der Waals surface area contributed by atoms with Crippen LogP contribution in [0.1, 0.15) is 22.6 Å². The van der Waals surface area contributed by atoms with Crippen LogP contribution < -0.4 is 5.32 Å². The first kappa shape index (κ1) is 15.5. The van der Waals surface area contributed by atoms with Crippen LogP contribution in [0, 0.1) is 35.5 Å². The van der Waals surface area contributed by atoms with Crippen molar-refractivity contribution in [2.45, 2.75) is 12.8 Å². The second-order valence-electron chi connectivity index (χ2n) is 5.75. The van der Waals surface area contributed by atoms with Crippen LogP contribution in [0.5, 0.6) is 0 Å². The zero-order chi connectivity index (χ0) is 17.1. The molecule has 0 spiro atoms. The van der Waals surface area contributed by atoms with Gasteiger partial charge >= 0.3 is 0 Å². The molecule has 2 atom stereocenters. The smallest absolute Gasteiger partial charge is 0.242 e. The fraction of sp³-hybridized carbons (Fsp3) is 0.150. The number of nitriles is 2. The molecular formula is C20H15N3O. The Morgan fingerprint density at radius 1 is 1.00 bits per heavy atom. The first-order chi connectivity index (χ1) is 11.7. The lowest BCUT2D eigenvalue weighted by atomic mass is 9.77. The molecule has 24 heavy (non-hydrogen) atoms. The molecule has 2 aromatic rings. The molecule has 0 aliphatic carbocycles. The van der Waals surface area contributed by atoms with Crippen LogP contribution in [-0.4, -0.2) is 5.91 Å². The molecule has 2 unspecified atom stereocenters. The highest BCUT2D eigenvalue weighted by Gasteiger charge is 2.39. The molecule has 0 saturated carbocycles. The summed E-state index contributed by atoms with van der Waals surface area (Å²) in [4.78, 5) is 12.4. The lowest BCUT2D eigenvalue weighted by Crippen LogP contribution is -2.38. The van der Waals surface area contributed by atoms with Crippen molar-refractivity contribution in [3.8, 4) is 12.1 Å². The van der Waals surface area contributed by atoms with E-state index < -0.39 is 11.8 Å². The first-order valence-corrected chi connectivity index (χ1v) is 7.62. The van der Waals surface area contributed by atoms with Gasteiger partial charge in [0.15, 0.2) is 0 Å². The monoisotopic (exact) mass is 313 g/mol. The van der Waals surface area contributed by atoms with Gasteiger partial charge in [0.25, 0.3) is 0 Å². The molecule has 116 valence electrons. The van der Waals surface area contributed by atoms with Gasteiger partial charge in [0, 0.05) is 5.92 Å². The van der Waals surface area contributed by atoms with Crippen molar-refractivity contribution in [2.75, 3.05) is 0 Å². The summed E-state index contributed by atoms with van der Waals surface area (Å²) >= 11 is 0. The second kappa shape index (κ2) is 6.40. The van der Waals surface area contributed by atoms with E-state index in [2.05, 4.69) is 17.5 Å². The molecule has 2 aromatic carbocycles. The summed E-state index contributed by atoms with van der Waals surface area (Å²) in [5, 5.41) is 22.0. The molecule has 1 aliphatic rings. The zero-order valence-electron chi connectivity index (χ0n) is 13.2. The van der Waals surface area contributed by atoms with Crippen molar-refractivity contribution < 1.29 is 4.79 Å². The van der Waals surface area contributed by atoms with Crippen LogP contribution in [0.25, 0.3) is 5.70 Å². The molecule has 0 aromatic heterocycles. The van der Waals surface area contributed by atoms with E-state index in [9.17, 15) is 15.3 Å². The lowest BCUT2D eigenvalue weighted by molar-refractivity contribution is -0.122. The number of amides is 1. The Balaban J connectivity index is 2.21. The fourth-order valence-corrected chi connectivity index (χ4v) is 2.97. The molecule has 1 amide bonds. The minimum atomic E-state index is -0.921. The Morgan fingerprint density at radius 2 is 1.67 bits per heavy atom. The molecule has 3 rings (SSSR count). The summed E-state index contributed by atoms with van der Waals surface area (Å²) < 4.78 is 0. The second-order valence-corrected chi connectivity index (χ2v) is 5.75. The van der Waals surface area contributed by atoms with E-state index in [1.54, 1.807) is 0 Å². The van der Waals surface area contributed by atoms with Crippen molar-refractivity contribution in [2.24, 2.45) is 5.92 Å². The maximum Gasteiger partial charge on any atom is 0.242 e. The number of aryl methyl sites for hydroxylation is 1. The standard InChI is InChI=1S/C20H15N3O/c1-13-7-9-14(10-8-13)18-16(11-21)19(15-5-3-2-4-6-15)23-20(24)17(18)12-22/h2-10,17-18H,1H3,(H,23,24). The molecule has 1 aliphatic heterocycles. The predicted octanol–water partition coefficient (Wildman–Crippen LogP) is 3.28. The van der Waals surface area contributed by atoms with Crippen molar-refractivity contribution >= 4 is 11.6 Å². The molecular weight excluding hydrogens is 298 g/mol. The summed E-state index contributed by atoms with van der Waals surface area (Å²) in [6, 6.07) is 21.1. The average molecular weight is 313 g/mol. The van der Waals surface area contributed by atoms with Gasteiger partial charge in [-0.2, -0.15) is 10.5 Å². The minimum Gasteiger partial charge on any atom is -0.323 e. The van der Waals surface area contributed by atoms with Gasteiger partial charge in [-0.15, -0.1) is 0 Å². The maximum atomic E-state index is 12.4. The van der Waals surface area contributed by atoms with Crippen LogP contribution in [0.15, 0.2) is 60.2 Å². The minimum absolute atomic E-state index is 0.374. The summed E-state index contributed by atoms with van der Waals surface area (Å²) in [7, 11) is 0. The van der Waals surface area contributed by atoms with E-state index in [1.165, 1.54) is 0 Å². The van der Waals surface area contributed by atoms with E-state index in [1.807, 2.05) is 61.5 Å². The largest absolute Gasteiger partial charge is 0.323 e. The van der Waals surface area contributed by atoms with Crippen molar-refractivity contribution in [3.63, 3.8) is 0 Å². The molecule has 1 heterocycles. The first-order valence-electron chi connectivity index (χ1n) is 7.62. The third kappa shape index (κ3) is 2.66. The summed E-state index contributed by atoms with van der Waals surface area (Å²) in [6.45, 7) is 1.97. The van der Waals surface area contributed by atoms with Crippen LogP contribution in [0.3, 0.4) is 0 Å². The highest BCUT2D eigenvalue weighted by atomic mass is 16.2. The molecule has 0 saturated heterocycles. The van der Waals surface area contributed by atoms with E-state index in [4.69, 9.17) is 0 Å². The number of benzene rings is 2. The van der Waals surface area contributed by atoms with Gasteiger partial charge in [0.1, 0.15) is 5.92 Å². The van der Waals surface area contributed by atoms with Gasteiger partial charge in [0.2, 0.25) is 5.91 Å². The molecule has 1 N–H and O–H groups in total. The molecule has 0 radical (unpaired) electrons. The van der Waals surface area contributed by atoms with Gasteiger partial charge in [-0.25, -0.2) is 0 Å². The Labute approximate surface area is 140 Å². The fourth-order valence-electron chi connectivity index (χ4n) is 2.97. The lowest BCUT2D eigenvalue weighted by Gasteiger charge is -2.29. The number of carbonyl (C=O) groups is 1. The van der Waals surface area contributed by atoms with E-state index >= 15 is 0 Å². The topological polar surface area (TPSA) is 76.7 Å². The Bertz CT molecular complexity index is 883. The third-order valence-electron chi connectivity index (χ3n) is 4.20. The highest BCUT2D eigenvalue weighted by Crippen LogP contribution is 2.39. The number of nitrogens with one attached hydrogen (secondary N) is 1. The van der Waals surface area contributed by atoms with Crippen LogP contribution in [0.2, 0.25) is 0 Å². The van der Waals surface area contributed by atoms with Crippen molar-refractivity contribution in [1.82, 2.24) is 5.32 Å². The van der Waals surface area contributed by atoms with E-state index in [0.29, 0.717) is 11.3 Å². The SMILES string of the molecule is Cc1ccc(C2C(C#N)=C(c3ccccc3)NC(=O)C2C#N)cc1. The molecule has 4 heteroatoms. The Kier molecular flexibility index (Phi) is 4.14. The van der Waals surface area contributed by atoms with Crippen molar-refractivity contribution in [1.29, 1.82) is 10.5 Å². The number of rotatable bonds is 2. The summed E-state index contributed by atoms with van der Waals surface area (Å²) in [6.07, 6.45) is 0. The van der Waals surface area contributed by atoms with Gasteiger partial charge in [0.05, 0.1) is 23.4 Å². The maximum absolute atomic E-state index is 12.4. The summed E-state index contributed by atoms with van der Waals surface area (Å²) in [5.41, 5.74) is 3.54. The number of carbonyl (C=O) groups excluding carboxylic acids is 1. The predicted molar refractivity (Wildman–Crippen MR) is 90.1 cm³/mol. The number of hydrogen-bond acceptors (Lipinski definition) is 3. The quantitative estimate of drug-likeness (QED) is 0.924. The van der Waals surface area contributed by atoms with Gasteiger partial charge in [-0.1, -0.05) is 60.2 Å². The molecule has 0 bridgehead atoms. The molecule has 0 fully saturated rings. The third-order valence-corrected chi connectivity index (χ3v) is 4.20. The molecule has 4 nitrogen and oxygen atoms in total. The Morgan fingerprint density at radius 3 is 2.25 bits per heavy atom. The number of nitrogens with zero attached hydrogens (tertiary/aromatic N) is 2. The van der Waals surface area contributed by atoms with Gasteiger partial charge in [-0.05, 0) is 18.1 Å². The van der Waals surface area contributed by atoms with Gasteiger partial charge in [-0.3, -0.25) is 4.79 Å². The summed E-state index contributed by atoms with van der Waals surface area (Å²) in [5.74, 6) is -1.86. The zero-order valence-corrected chi connectivity index (χ0v) is 13.2. The van der Waals surface area contributed by atoms with Crippen LogP contribution >= 0.6 is 0 Å². The average Bonchev–Trinajstić information content (AvgIpc) is 2.62. The van der Waals surface area contributed by atoms with E-state index in [0.717, 1.165) is 16.7 Å². The normalized spacial score (nSPS) is 20.0. The highest BCUT2D eigenvalue weighted by molar-refractivity contribution is 5.96. The number of hydrogen-bond donors (Lipinski definition) is 1. The van der Waals surface area contributed by atoms with Gasteiger partial charge < -0.3 is 5.32 Å². The van der Waals surface area contributed by atoms with Crippen LogP contribution in [0.4, 0.5) is 0 Å². The van der Waals surface area contributed by atoms with E-state index in [-0.39, 0.29) is 5.91 Å². The number of allylic oxidation sites excluding steroid dienone is 1. The van der Waals surface area contributed by atoms with Crippen molar-refractivity contribution in [3.05, 3.63) is 76.9 Å². The van der Waals surface area contributed by atoms with Crippen LogP contribution in [-0.2, 0) is 4.79 Å².